The van der Waals surface area contributed by atoms with Crippen molar-refractivity contribution in [2.45, 2.75) is 19.3 Å². The van der Waals surface area contributed by atoms with Gasteiger partial charge in [-0.3, -0.25) is 9.59 Å². The smallest absolute Gasteiger partial charge is 0.232 e. The SMILES string of the molecule is COc1ccc(CCNC(=O)[C@H]2CCCNC2=O)cc1OC. The van der Waals surface area contributed by atoms with Crippen LogP contribution in [0.3, 0.4) is 0 Å². The van der Waals surface area contributed by atoms with Gasteiger partial charge in [0.1, 0.15) is 5.92 Å². The van der Waals surface area contributed by atoms with Crippen LogP contribution < -0.4 is 20.1 Å². The van der Waals surface area contributed by atoms with Gasteiger partial charge in [0.25, 0.3) is 0 Å². The molecule has 2 N–H and O–H groups in total. The lowest BCUT2D eigenvalue weighted by molar-refractivity contribution is -0.136. The van der Waals surface area contributed by atoms with E-state index in [1.807, 2.05) is 18.2 Å². The molecule has 1 aromatic carbocycles. The second-order valence-corrected chi connectivity index (χ2v) is 5.22. The number of nitrogens with one attached hydrogen (secondary N) is 2. The maximum atomic E-state index is 12.0. The molecular formula is C16H22N2O4. The molecule has 0 radical (unpaired) electrons. The van der Waals surface area contributed by atoms with Crippen molar-refractivity contribution in [3.63, 3.8) is 0 Å². The zero-order chi connectivity index (χ0) is 15.9. The van der Waals surface area contributed by atoms with Crippen molar-refractivity contribution in [2.75, 3.05) is 27.3 Å². The van der Waals surface area contributed by atoms with Crippen LogP contribution in [0.2, 0.25) is 0 Å². The predicted octanol–water partition coefficient (Wildman–Crippen LogP) is 0.889. The van der Waals surface area contributed by atoms with E-state index in [1.165, 1.54) is 0 Å². The van der Waals surface area contributed by atoms with Gasteiger partial charge in [-0.2, -0.15) is 0 Å². The fourth-order valence-electron chi connectivity index (χ4n) is 2.51. The van der Waals surface area contributed by atoms with Gasteiger partial charge in [0.15, 0.2) is 11.5 Å². The molecule has 1 fully saturated rings. The largest absolute Gasteiger partial charge is 0.493 e. The first-order valence-corrected chi connectivity index (χ1v) is 7.42. The van der Waals surface area contributed by atoms with Crippen molar-refractivity contribution >= 4 is 11.8 Å². The molecule has 1 saturated heterocycles. The summed E-state index contributed by atoms with van der Waals surface area (Å²) >= 11 is 0. The zero-order valence-corrected chi connectivity index (χ0v) is 13.0. The highest BCUT2D eigenvalue weighted by Gasteiger charge is 2.28. The van der Waals surface area contributed by atoms with Gasteiger partial charge in [0.2, 0.25) is 11.8 Å². The lowest BCUT2D eigenvalue weighted by atomic mass is 9.98. The average molecular weight is 306 g/mol. The Morgan fingerprint density at radius 3 is 2.77 bits per heavy atom. The van der Waals surface area contributed by atoms with Crippen LogP contribution in [0.5, 0.6) is 11.5 Å². The minimum absolute atomic E-state index is 0.171. The molecule has 0 aromatic heterocycles. The molecule has 1 aliphatic heterocycles. The molecule has 2 amide bonds. The van der Waals surface area contributed by atoms with E-state index in [-0.39, 0.29) is 11.8 Å². The number of hydrogen-bond acceptors (Lipinski definition) is 4. The number of carbonyl (C=O) groups is 2. The summed E-state index contributed by atoms with van der Waals surface area (Å²) in [5, 5.41) is 5.54. The molecule has 0 aliphatic carbocycles. The Morgan fingerprint density at radius 1 is 1.32 bits per heavy atom. The number of rotatable bonds is 6. The van der Waals surface area contributed by atoms with Crippen molar-refractivity contribution in [3.8, 4) is 11.5 Å². The van der Waals surface area contributed by atoms with E-state index in [2.05, 4.69) is 10.6 Å². The van der Waals surface area contributed by atoms with E-state index in [4.69, 9.17) is 9.47 Å². The van der Waals surface area contributed by atoms with Crippen LogP contribution in [0.4, 0.5) is 0 Å². The van der Waals surface area contributed by atoms with Crippen LogP contribution in [0.25, 0.3) is 0 Å². The standard InChI is InChI=1S/C16H22N2O4/c1-21-13-6-5-11(10-14(13)22-2)7-9-18-16(20)12-4-3-8-17-15(12)19/h5-6,10,12H,3-4,7-9H2,1-2H3,(H,17,19)(H,18,20)/t12-/m0/s1. The highest BCUT2D eigenvalue weighted by Crippen LogP contribution is 2.27. The third-order valence-electron chi connectivity index (χ3n) is 3.76. The monoisotopic (exact) mass is 306 g/mol. The Kier molecular flexibility index (Phi) is 5.63. The second kappa shape index (κ2) is 7.68. The maximum Gasteiger partial charge on any atom is 0.232 e. The van der Waals surface area contributed by atoms with Crippen LogP contribution in [0.1, 0.15) is 18.4 Å². The van der Waals surface area contributed by atoms with Gasteiger partial charge < -0.3 is 20.1 Å². The van der Waals surface area contributed by atoms with E-state index >= 15 is 0 Å². The van der Waals surface area contributed by atoms with Crippen LogP contribution in [-0.4, -0.2) is 39.1 Å². The summed E-state index contributed by atoms with van der Waals surface area (Å²) in [7, 11) is 3.18. The van der Waals surface area contributed by atoms with E-state index in [1.54, 1.807) is 14.2 Å². The lowest BCUT2D eigenvalue weighted by Gasteiger charge is -2.21. The number of ether oxygens (including phenoxy) is 2. The van der Waals surface area contributed by atoms with Crippen molar-refractivity contribution in [3.05, 3.63) is 23.8 Å². The zero-order valence-electron chi connectivity index (χ0n) is 13.0. The molecule has 1 aromatic rings. The van der Waals surface area contributed by atoms with Gasteiger partial charge in [0, 0.05) is 13.1 Å². The molecule has 22 heavy (non-hydrogen) atoms. The minimum Gasteiger partial charge on any atom is -0.493 e. The van der Waals surface area contributed by atoms with Crippen LogP contribution in [-0.2, 0) is 16.0 Å². The molecule has 2 rings (SSSR count). The molecule has 120 valence electrons. The molecular weight excluding hydrogens is 284 g/mol. The number of carbonyl (C=O) groups excluding carboxylic acids is 2. The van der Waals surface area contributed by atoms with Gasteiger partial charge in [0.05, 0.1) is 14.2 Å². The average Bonchev–Trinajstić information content (AvgIpc) is 2.55. The van der Waals surface area contributed by atoms with Gasteiger partial charge in [-0.1, -0.05) is 6.07 Å². The first kappa shape index (κ1) is 16.1. The Balaban J connectivity index is 1.85. The number of methoxy groups -OCH3 is 2. The third-order valence-corrected chi connectivity index (χ3v) is 3.76. The second-order valence-electron chi connectivity index (χ2n) is 5.22. The van der Waals surface area contributed by atoms with E-state index < -0.39 is 5.92 Å². The van der Waals surface area contributed by atoms with Gasteiger partial charge in [-0.25, -0.2) is 0 Å². The Labute approximate surface area is 130 Å². The van der Waals surface area contributed by atoms with E-state index in [0.717, 1.165) is 12.0 Å². The minimum atomic E-state index is -0.556. The highest BCUT2D eigenvalue weighted by atomic mass is 16.5. The summed E-state index contributed by atoms with van der Waals surface area (Å²) in [4.78, 5) is 23.6. The summed E-state index contributed by atoms with van der Waals surface area (Å²) in [5.41, 5.74) is 1.03. The van der Waals surface area contributed by atoms with Crippen molar-refractivity contribution in [1.82, 2.24) is 10.6 Å². The number of hydrogen-bond donors (Lipinski definition) is 2. The quantitative estimate of drug-likeness (QED) is 0.765. The molecule has 6 heteroatoms. The summed E-state index contributed by atoms with van der Waals surface area (Å²) in [6.07, 6.45) is 2.13. The molecule has 6 nitrogen and oxygen atoms in total. The molecule has 1 atom stereocenters. The topological polar surface area (TPSA) is 76.7 Å². The Hall–Kier alpha value is -2.24. The maximum absolute atomic E-state index is 12.0. The Morgan fingerprint density at radius 2 is 2.09 bits per heavy atom. The molecule has 0 unspecified atom stereocenters. The number of benzene rings is 1. The molecule has 1 heterocycles. The van der Waals surface area contributed by atoms with Crippen molar-refractivity contribution < 1.29 is 19.1 Å². The van der Waals surface area contributed by atoms with E-state index in [9.17, 15) is 9.59 Å². The number of piperidine rings is 1. The third kappa shape index (κ3) is 3.90. The molecule has 0 saturated carbocycles. The predicted molar refractivity (Wildman–Crippen MR) is 82.0 cm³/mol. The van der Waals surface area contributed by atoms with Gasteiger partial charge in [-0.05, 0) is 37.0 Å². The van der Waals surface area contributed by atoms with Crippen LogP contribution >= 0.6 is 0 Å². The van der Waals surface area contributed by atoms with Gasteiger partial charge >= 0.3 is 0 Å². The van der Waals surface area contributed by atoms with Crippen LogP contribution in [0.15, 0.2) is 18.2 Å². The first-order valence-electron chi connectivity index (χ1n) is 7.42. The lowest BCUT2D eigenvalue weighted by Crippen LogP contribution is -2.45. The first-order chi connectivity index (χ1) is 10.7. The molecule has 1 aliphatic rings. The summed E-state index contributed by atoms with van der Waals surface area (Å²) < 4.78 is 10.4. The summed E-state index contributed by atoms with van der Waals surface area (Å²) in [5.74, 6) is 0.416. The Bertz CT molecular complexity index is 545. The van der Waals surface area contributed by atoms with Crippen LogP contribution in [0, 0.1) is 5.92 Å². The summed E-state index contributed by atoms with van der Waals surface area (Å²) in [6.45, 7) is 1.15. The fraction of sp³-hybridized carbons (Fsp3) is 0.500. The number of amides is 2. The molecule has 0 bridgehead atoms. The normalized spacial score (nSPS) is 17.5. The summed E-state index contributed by atoms with van der Waals surface area (Å²) in [6, 6.07) is 5.66. The van der Waals surface area contributed by atoms with Crippen molar-refractivity contribution in [2.24, 2.45) is 5.92 Å². The van der Waals surface area contributed by atoms with E-state index in [0.29, 0.717) is 37.4 Å². The van der Waals surface area contributed by atoms with Gasteiger partial charge in [-0.15, -0.1) is 0 Å². The highest BCUT2D eigenvalue weighted by molar-refractivity contribution is 6.00. The molecule has 0 spiro atoms. The van der Waals surface area contributed by atoms with Crippen molar-refractivity contribution in [1.29, 1.82) is 0 Å². The fourth-order valence-corrected chi connectivity index (χ4v) is 2.51.